The lowest BCUT2D eigenvalue weighted by Crippen LogP contribution is -2.44. The minimum atomic E-state index is -0.546. The number of rotatable bonds is 1. The molecule has 2 aliphatic rings. The van der Waals surface area contributed by atoms with Crippen molar-refractivity contribution in [2.75, 3.05) is 26.2 Å². The summed E-state index contributed by atoms with van der Waals surface area (Å²) in [5, 5.41) is 4.16. The van der Waals surface area contributed by atoms with Gasteiger partial charge < -0.3 is 14.6 Å². The molecule has 2 aliphatic heterocycles. The first-order valence-corrected chi connectivity index (χ1v) is 7.75. The Morgan fingerprint density at radius 2 is 2.00 bits per heavy atom. The Morgan fingerprint density at radius 3 is 2.87 bits per heavy atom. The first-order chi connectivity index (χ1) is 10.7. The number of carbonyl (C=O) groups is 1. The summed E-state index contributed by atoms with van der Waals surface area (Å²) in [6, 6.07) is 8.92. The first kappa shape index (κ1) is 16.0. The Bertz CT molecular complexity index is 789. The summed E-state index contributed by atoms with van der Waals surface area (Å²) < 4.78 is 5.28. The van der Waals surface area contributed by atoms with E-state index in [1.807, 2.05) is 18.2 Å². The molecule has 0 radical (unpaired) electrons. The first-order valence-electron chi connectivity index (χ1n) is 7.75. The van der Waals surface area contributed by atoms with Crippen molar-refractivity contribution in [2.45, 2.75) is 6.42 Å². The molecule has 0 saturated carbocycles. The normalized spacial score (nSPS) is 23.4. The third-order valence-corrected chi connectivity index (χ3v) is 4.86. The van der Waals surface area contributed by atoms with Crippen LogP contribution in [0.1, 0.15) is 16.8 Å². The highest BCUT2D eigenvalue weighted by Gasteiger charge is 2.35. The average Bonchev–Trinajstić information content (AvgIpc) is 3.01. The van der Waals surface area contributed by atoms with E-state index in [1.165, 1.54) is 0 Å². The quantitative estimate of drug-likeness (QED) is 0.809. The van der Waals surface area contributed by atoms with Crippen molar-refractivity contribution >= 4 is 29.3 Å². The van der Waals surface area contributed by atoms with Gasteiger partial charge in [-0.3, -0.25) is 4.79 Å². The lowest BCUT2D eigenvalue weighted by atomic mass is 9.88. The van der Waals surface area contributed by atoms with Gasteiger partial charge >= 0.3 is 5.63 Å². The van der Waals surface area contributed by atoms with Gasteiger partial charge in [0, 0.05) is 18.5 Å². The minimum absolute atomic E-state index is 0. The van der Waals surface area contributed by atoms with Crippen molar-refractivity contribution in [3.63, 3.8) is 0 Å². The zero-order chi connectivity index (χ0) is 15.1. The summed E-state index contributed by atoms with van der Waals surface area (Å²) in [6.07, 6.45) is 1.00. The fourth-order valence-corrected chi connectivity index (χ4v) is 3.60. The van der Waals surface area contributed by atoms with Crippen LogP contribution in [0.3, 0.4) is 0 Å². The van der Waals surface area contributed by atoms with E-state index in [9.17, 15) is 9.59 Å². The molecule has 3 heterocycles. The number of fused-ring (bicyclic) bond motifs is 2. The fraction of sp³-hybridized carbons (Fsp3) is 0.412. The van der Waals surface area contributed by atoms with Gasteiger partial charge in [-0.2, -0.15) is 0 Å². The predicted octanol–water partition coefficient (Wildman–Crippen LogP) is 1.90. The maximum Gasteiger partial charge on any atom is 0.349 e. The molecule has 1 aromatic carbocycles. The van der Waals surface area contributed by atoms with Gasteiger partial charge in [0.05, 0.1) is 0 Å². The second kappa shape index (κ2) is 6.34. The molecular weight excluding hydrogens is 316 g/mol. The van der Waals surface area contributed by atoms with Crippen molar-refractivity contribution < 1.29 is 9.21 Å². The molecule has 1 aromatic heterocycles. The SMILES string of the molecule is Cl.O=C(c1cc2ccccc2oc1=O)N1CCC2CNCC2C1. The molecule has 1 N–H and O–H groups in total. The second-order valence-corrected chi connectivity index (χ2v) is 6.20. The van der Waals surface area contributed by atoms with E-state index in [2.05, 4.69) is 5.32 Å². The van der Waals surface area contributed by atoms with Gasteiger partial charge in [0.25, 0.3) is 5.91 Å². The number of hydrogen-bond acceptors (Lipinski definition) is 4. The number of amides is 1. The third kappa shape index (κ3) is 2.86. The van der Waals surface area contributed by atoms with E-state index in [0.29, 0.717) is 24.0 Å². The van der Waals surface area contributed by atoms with Crippen LogP contribution in [0.4, 0.5) is 0 Å². The van der Waals surface area contributed by atoms with E-state index >= 15 is 0 Å². The predicted molar refractivity (Wildman–Crippen MR) is 90.1 cm³/mol. The number of benzene rings is 1. The van der Waals surface area contributed by atoms with Gasteiger partial charge in [-0.05, 0) is 43.5 Å². The molecule has 0 spiro atoms. The summed E-state index contributed by atoms with van der Waals surface area (Å²) in [4.78, 5) is 26.6. The molecule has 6 heteroatoms. The van der Waals surface area contributed by atoms with E-state index < -0.39 is 5.63 Å². The van der Waals surface area contributed by atoms with Crippen LogP contribution in [-0.4, -0.2) is 37.0 Å². The molecule has 2 fully saturated rings. The van der Waals surface area contributed by atoms with Crippen LogP contribution in [0.2, 0.25) is 0 Å². The Morgan fingerprint density at radius 1 is 1.22 bits per heavy atom. The highest BCUT2D eigenvalue weighted by atomic mass is 35.5. The Labute approximate surface area is 140 Å². The minimum Gasteiger partial charge on any atom is -0.422 e. The number of likely N-dealkylation sites (tertiary alicyclic amines) is 1. The lowest BCUT2D eigenvalue weighted by molar-refractivity contribution is 0.0638. The molecule has 4 rings (SSSR count). The number of hydrogen-bond donors (Lipinski definition) is 1. The average molecular weight is 335 g/mol. The molecule has 23 heavy (non-hydrogen) atoms. The van der Waals surface area contributed by atoms with Gasteiger partial charge in [0.15, 0.2) is 0 Å². The Hall–Kier alpha value is -1.85. The maximum atomic E-state index is 12.7. The number of nitrogens with zero attached hydrogens (tertiary/aromatic N) is 1. The monoisotopic (exact) mass is 334 g/mol. The number of halogens is 1. The smallest absolute Gasteiger partial charge is 0.349 e. The van der Waals surface area contributed by atoms with Crippen LogP contribution in [0.25, 0.3) is 11.0 Å². The van der Waals surface area contributed by atoms with Gasteiger partial charge in [0.2, 0.25) is 0 Å². The number of carbonyl (C=O) groups excluding carboxylic acids is 1. The molecule has 122 valence electrons. The van der Waals surface area contributed by atoms with E-state index in [-0.39, 0.29) is 23.9 Å². The van der Waals surface area contributed by atoms with Crippen LogP contribution in [-0.2, 0) is 0 Å². The van der Waals surface area contributed by atoms with E-state index in [4.69, 9.17) is 4.42 Å². The summed E-state index contributed by atoms with van der Waals surface area (Å²) in [7, 11) is 0. The van der Waals surface area contributed by atoms with Crippen LogP contribution >= 0.6 is 12.4 Å². The third-order valence-electron chi connectivity index (χ3n) is 4.86. The molecule has 1 amide bonds. The van der Waals surface area contributed by atoms with Crippen LogP contribution in [0.15, 0.2) is 39.5 Å². The Balaban J connectivity index is 0.00000156. The van der Waals surface area contributed by atoms with Crippen LogP contribution < -0.4 is 10.9 Å². The van der Waals surface area contributed by atoms with Gasteiger partial charge in [-0.15, -0.1) is 12.4 Å². The lowest BCUT2D eigenvalue weighted by Gasteiger charge is -2.34. The molecule has 2 aromatic rings. The highest BCUT2D eigenvalue weighted by Crippen LogP contribution is 2.27. The highest BCUT2D eigenvalue weighted by molar-refractivity contribution is 5.96. The fourth-order valence-electron chi connectivity index (χ4n) is 3.60. The molecule has 2 atom stereocenters. The molecule has 0 bridgehead atoms. The second-order valence-electron chi connectivity index (χ2n) is 6.20. The summed E-state index contributed by atoms with van der Waals surface area (Å²) in [6.45, 7) is 3.45. The summed E-state index contributed by atoms with van der Waals surface area (Å²) >= 11 is 0. The van der Waals surface area contributed by atoms with Gasteiger partial charge in [0.1, 0.15) is 11.1 Å². The largest absolute Gasteiger partial charge is 0.422 e. The summed E-state index contributed by atoms with van der Waals surface area (Å²) in [5.74, 6) is 0.965. The molecule has 2 unspecified atom stereocenters. The summed E-state index contributed by atoms with van der Waals surface area (Å²) in [5.41, 5.74) is 0.112. The van der Waals surface area contributed by atoms with Crippen molar-refractivity contribution in [2.24, 2.45) is 11.8 Å². The van der Waals surface area contributed by atoms with Gasteiger partial charge in [-0.1, -0.05) is 18.2 Å². The zero-order valence-corrected chi connectivity index (χ0v) is 13.5. The zero-order valence-electron chi connectivity index (χ0n) is 12.7. The number of nitrogens with one attached hydrogen (secondary N) is 1. The Kier molecular flexibility index (Phi) is 4.41. The van der Waals surface area contributed by atoms with E-state index in [0.717, 1.165) is 31.4 Å². The van der Waals surface area contributed by atoms with Crippen molar-refractivity contribution in [1.82, 2.24) is 10.2 Å². The van der Waals surface area contributed by atoms with Crippen molar-refractivity contribution in [3.8, 4) is 0 Å². The van der Waals surface area contributed by atoms with E-state index in [1.54, 1.807) is 17.0 Å². The number of piperidine rings is 1. The van der Waals surface area contributed by atoms with Crippen LogP contribution in [0, 0.1) is 11.8 Å². The van der Waals surface area contributed by atoms with Gasteiger partial charge in [-0.25, -0.2) is 4.79 Å². The molecule has 2 saturated heterocycles. The van der Waals surface area contributed by atoms with Crippen LogP contribution in [0.5, 0.6) is 0 Å². The number of para-hydroxylation sites is 1. The molecule has 5 nitrogen and oxygen atoms in total. The van der Waals surface area contributed by atoms with Crippen molar-refractivity contribution in [3.05, 3.63) is 46.3 Å². The topological polar surface area (TPSA) is 62.6 Å². The molecule has 0 aliphatic carbocycles. The maximum absolute atomic E-state index is 12.7. The standard InChI is InChI=1S/C17H18N2O3.ClH/c20-16(19-6-5-12-8-18-9-13(12)10-19)14-7-11-3-1-2-4-15(11)22-17(14)21;/h1-4,7,12-13,18H,5-6,8-10H2;1H. The molecular formula is C17H19ClN2O3. The van der Waals surface area contributed by atoms with Crippen molar-refractivity contribution in [1.29, 1.82) is 0 Å².